The highest BCUT2D eigenvalue weighted by Crippen LogP contribution is 2.26. The maximum Gasteiger partial charge on any atom is 0.271 e. The number of benzene rings is 1. The van der Waals surface area contributed by atoms with Crippen molar-refractivity contribution in [2.75, 3.05) is 19.7 Å². The number of imidazole rings is 1. The van der Waals surface area contributed by atoms with Gasteiger partial charge in [-0.1, -0.05) is 23.7 Å². The summed E-state index contributed by atoms with van der Waals surface area (Å²) in [6, 6.07) is 7.56. The highest BCUT2D eigenvalue weighted by atomic mass is 35.5. The Balaban J connectivity index is 1.61. The van der Waals surface area contributed by atoms with Crippen LogP contribution in [0.4, 0.5) is 0 Å². The topological polar surface area (TPSA) is 46.8 Å². The van der Waals surface area contributed by atoms with Crippen molar-refractivity contribution in [1.82, 2.24) is 14.3 Å². The normalized spacial score (nSPS) is 17.1. The molecule has 5 nitrogen and oxygen atoms in total. The molecule has 1 aliphatic rings. The SMILES string of the molecule is CCN(CC1CCCO1)C(=O)c1csc2nc(-c3ccc(Cl)cc3)cn12. The predicted octanol–water partition coefficient (Wildman–Crippen LogP) is 4.36. The van der Waals surface area contributed by atoms with E-state index >= 15 is 0 Å². The Hall–Kier alpha value is -1.89. The quantitative estimate of drug-likeness (QED) is 0.651. The van der Waals surface area contributed by atoms with Crippen LogP contribution in [-0.4, -0.2) is 46.0 Å². The van der Waals surface area contributed by atoms with E-state index in [2.05, 4.69) is 4.98 Å². The van der Waals surface area contributed by atoms with Gasteiger partial charge in [-0.2, -0.15) is 0 Å². The van der Waals surface area contributed by atoms with Gasteiger partial charge in [-0.25, -0.2) is 4.98 Å². The highest BCUT2D eigenvalue weighted by Gasteiger charge is 2.24. The minimum atomic E-state index is 0.0225. The molecular weight excluding hydrogens is 370 g/mol. The molecule has 2 aromatic heterocycles. The minimum Gasteiger partial charge on any atom is -0.376 e. The average molecular weight is 390 g/mol. The molecule has 0 N–H and O–H groups in total. The third-order valence-electron chi connectivity index (χ3n) is 4.69. The zero-order valence-electron chi connectivity index (χ0n) is 14.5. The fourth-order valence-corrected chi connectivity index (χ4v) is 4.22. The third-order valence-corrected chi connectivity index (χ3v) is 5.78. The molecule has 1 aliphatic heterocycles. The fraction of sp³-hybridized carbons (Fsp3) is 0.368. The number of carbonyl (C=O) groups excluding carboxylic acids is 1. The zero-order valence-corrected chi connectivity index (χ0v) is 16.1. The van der Waals surface area contributed by atoms with E-state index in [1.807, 2.05) is 52.1 Å². The molecule has 3 aromatic rings. The van der Waals surface area contributed by atoms with Crippen LogP contribution in [0.1, 0.15) is 30.3 Å². The summed E-state index contributed by atoms with van der Waals surface area (Å²) in [6.45, 7) is 4.11. The van der Waals surface area contributed by atoms with E-state index in [1.54, 1.807) is 0 Å². The van der Waals surface area contributed by atoms with Gasteiger partial charge in [-0.3, -0.25) is 9.20 Å². The van der Waals surface area contributed by atoms with Crippen LogP contribution >= 0.6 is 22.9 Å². The summed E-state index contributed by atoms with van der Waals surface area (Å²) in [5.41, 5.74) is 2.47. The van der Waals surface area contributed by atoms with Gasteiger partial charge in [0.05, 0.1) is 11.8 Å². The molecule has 7 heteroatoms. The fourth-order valence-electron chi connectivity index (χ4n) is 3.25. The first-order chi connectivity index (χ1) is 12.7. The van der Waals surface area contributed by atoms with Crippen LogP contribution < -0.4 is 0 Å². The van der Waals surface area contributed by atoms with Gasteiger partial charge < -0.3 is 9.64 Å². The van der Waals surface area contributed by atoms with Gasteiger partial charge in [0.1, 0.15) is 5.69 Å². The number of hydrogen-bond donors (Lipinski definition) is 0. The lowest BCUT2D eigenvalue weighted by atomic mass is 10.2. The Morgan fingerprint density at radius 2 is 2.23 bits per heavy atom. The number of amides is 1. The predicted molar refractivity (Wildman–Crippen MR) is 104 cm³/mol. The van der Waals surface area contributed by atoms with Crippen molar-refractivity contribution in [3.05, 3.63) is 46.6 Å². The van der Waals surface area contributed by atoms with Crippen molar-refractivity contribution >= 4 is 33.8 Å². The Bertz CT molecular complexity index is 913. The molecule has 1 amide bonds. The van der Waals surface area contributed by atoms with Gasteiger partial charge in [-0.15, -0.1) is 11.3 Å². The number of carbonyl (C=O) groups is 1. The second-order valence-corrected chi connectivity index (χ2v) is 7.66. The summed E-state index contributed by atoms with van der Waals surface area (Å²) in [6.07, 6.45) is 4.17. The standard InChI is InChI=1S/C19H20ClN3O2S/c1-2-22(10-15-4-3-9-25-15)18(24)17-12-26-19-21-16(11-23(17)19)13-5-7-14(20)8-6-13/h5-8,11-12,15H,2-4,9-10H2,1H3. The lowest BCUT2D eigenvalue weighted by Crippen LogP contribution is -2.37. The number of fused-ring (bicyclic) bond motifs is 1. The zero-order chi connectivity index (χ0) is 18.1. The van der Waals surface area contributed by atoms with Crippen LogP contribution in [0.15, 0.2) is 35.8 Å². The summed E-state index contributed by atoms with van der Waals surface area (Å²) >= 11 is 7.44. The van der Waals surface area contributed by atoms with Gasteiger partial charge >= 0.3 is 0 Å². The molecule has 0 radical (unpaired) electrons. The monoisotopic (exact) mass is 389 g/mol. The van der Waals surface area contributed by atoms with Gasteiger partial charge in [0.15, 0.2) is 4.96 Å². The number of halogens is 1. The van der Waals surface area contributed by atoms with E-state index in [1.165, 1.54) is 11.3 Å². The van der Waals surface area contributed by atoms with Crippen LogP contribution in [0.5, 0.6) is 0 Å². The maximum absolute atomic E-state index is 13.0. The van der Waals surface area contributed by atoms with Crippen molar-refractivity contribution in [2.45, 2.75) is 25.9 Å². The number of ether oxygens (including phenoxy) is 1. The van der Waals surface area contributed by atoms with Crippen molar-refractivity contribution in [3.63, 3.8) is 0 Å². The van der Waals surface area contributed by atoms with E-state index in [9.17, 15) is 4.79 Å². The molecule has 4 rings (SSSR count). The van der Waals surface area contributed by atoms with Gasteiger partial charge in [-0.05, 0) is 31.9 Å². The highest BCUT2D eigenvalue weighted by molar-refractivity contribution is 7.15. The molecule has 1 aromatic carbocycles. The van der Waals surface area contributed by atoms with E-state index in [0.29, 0.717) is 23.8 Å². The number of thiazole rings is 1. The molecule has 0 bridgehead atoms. The molecular formula is C19H20ClN3O2S. The Labute approximate surface area is 161 Å². The molecule has 1 saturated heterocycles. The van der Waals surface area contributed by atoms with Crippen LogP contribution in [0, 0.1) is 0 Å². The lowest BCUT2D eigenvalue weighted by molar-refractivity contribution is 0.0534. The summed E-state index contributed by atoms with van der Waals surface area (Å²) < 4.78 is 7.57. The first-order valence-electron chi connectivity index (χ1n) is 8.79. The number of hydrogen-bond acceptors (Lipinski definition) is 4. The number of rotatable bonds is 5. The van der Waals surface area contributed by atoms with Crippen molar-refractivity contribution in [1.29, 1.82) is 0 Å². The first-order valence-corrected chi connectivity index (χ1v) is 10.0. The van der Waals surface area contributed by atoms with E-state index in [4.69, 9.17) is 16.3 Å². The largest absolute Gasteiger partial charge is 0.376 e. The smallest absolute Gasteiger partial charge is 0.271 e. The second kappa shape index (κ2) is 7.39. The molecule has 0 spiro atoms. The second-order valence-electron chi connectivity index (χ2n) is 6.39. The lowest BCUT2D eigenvalue weighted by Gasteiger charge is -2.23. The molecule has 1 unspecified atom stereocenters. The molecule has 1 fully saturated rings. The van der Waals surface area contributed by atoms with Crippen LogP contribution in [0.25, 0.3) is 16.2 Å². The van der Waals surface area contributed by atoms with Crippen molar-refractivity contribution in [2.24, 2.45) is 0 Å². The summed E-state index contributed by atoms with van der Waals surface area (Å²) in [4.78, 5) is 20.4. The van der Waals surface area contributed by atoms with E-state index in [0.717, 1.165) is 35.7 Å². The molecule has 0 saturated carbocycles. The van der Waals surface area contributed by atoms with Crippen molar-refractivity contribution < 1.29 is 9.53 Å². The third kappa shape index (κ3) is 3.37. The molecule has 136 valence electrons. The van der Waals surface area contributed by atoms with Gasteiger partial charge in [0.25, 0.3) is 5.91 Å². The van der Waals surface area contributed by atoms with Gasteiger partial charge in [0.2, 0.25) is 0 Å². The number of likely N-dealkylation sites (N-methyl/N-ethyl adjacent to an activating group) is 1. The average Bonchev–Trinajstić information content (AvgIpc) is 3.36. The van der Waals surface area contributed by atoms with Crippen LogP contribution in [0.2, 0.25) is 5.02 Å². The summed E-state index contributed by atoms with van der Waals surface area (Å²) in [7, 11) is 0. The summed E-state index contributed by atoms with van der Waals surface area (Å²) in [5, 5.41) is 2.58. The maximum atomic E-state index is 13.0. The Kier molecular flexibility index (Phi) is 4.98. The van der Waals surface area contributed by atoms with Crippen LogP contribution in [0.3, 0.4) is 0 Å². The molecule has 0 aliphatic carbocycles. The van der Waals surface area contributed by atoms with E-state index < -0.39 is 0 Å². The molecule has 26 heavy (non-hydrogen) atoms. The number of nitrogens with zero attached hydrogens (tertiary/aromatic N) is 3. The Morgan fingerprint density at radius 3 is 2.92 bits per heavy atom. The van der Waals surface area contributed by atoms with Gasteiger partial charge in [0, 0.05) is 41.9 Å². The Morgan fingerprint density at radius 1 is 1.42 bits per heavy atom. The first kappa shape index (κ1) is 17.5. The number of aromatic nitrogens is 2. The summed E-state index contributed by atoms with van der Waals surface area (Å²) in [5.74, 6) is 0.0225. The minimum absolute atomic E-state index is 0.0225. The molecule has 3 heterocycles. The molecule has 1 atom stereocenters. The van der Waals surface area contributed by atoms with E-state index in [-0.39, 0.29) is 12.0 Å². The van der Waals surface area contributed by atoms with Crippen LogP contribution in [-0.2, 0) is 4.74 Å². The van der Waals surface area contributed by atoms with Crippen molar-refractivity contribution in [3.8, 4) is 11.3 Å².